The van der Waals surface area contributed by atoms with Gasteiger partial charge in [-0.15, -0.1) is 0 Å². The lowest BCUT2D eigenvalue weighted by Gasteiger charge is -2.13. The van der Waals surface area contributed by atoms with Crippen molar-refractivity contribution in [1.82, 2.24) is 0 Å². The van der Waals surface area contributed by atoms with Crippen LogP contribution >= 0.6 is 0 Å². The Hall–Kier alpha value is -4.46. The number of amides is 1. The molecule has 8 heteroatoms. The number of carbonyl (C=O) groups is 2. The topological polar surface area (TPSA) is 96.2 Å². The number of carbonyl (C=O) groups excluding carboxylic acids is 2. The molecule has 4 aromatic rings. The summed E-state index contributed by atoms with van der Waals surface area (Å²) >= 11 is 0. The largest absolute Gasteiger partial charge is 0.493 e. The molecule has 0 saturated carbocycles. The second-order valence-electron chi connectivity index (χ2n) is 7.69. The van der Waals surface area contributed by atoms with E-state index in [1.165, 1.54) is 6.92 Å². The summed E-state index contributed by atoms with van der Waals surface area (Å²) in [6.07, 6.45) is 1.65. The molecule has 0 fully saturated rings. The molecular weight excluding hydrogens is 450 g/mol. The van der Waals surface area contributed by atoms with Crippen molar-refractivity contribution < 1.29 is 33.0 Å². The number of nitrogens with one attached hydrogen (secondary N) is 1. The van der Waals surface area contributed by atoms with E-state index in [0.717, 1.165) is 16.5 Å². The maximum atomic E-state index is 12.6. The van der Waals surface area contributed by atoms with Gasteiger partial charge in [-0.25, -0.2) is 0 Å². The fourth-order valence-electron chi connectivity index (χ4n) is 3.73. The lowest BCUT2D eigenvalue weighted by atomic mass is 10.0. The molecule has 0 atom stereocenters. The van der Waals surface area contributed by atoms with Gasteiger partial charge in [-0.2, -0.15) is 0 Å². The number of Topliss-reactive ketones (excluding diaryl/α,β-unsaturated/α-hetero) is 1. The van der Waals surface area contributed by atoms with E-state index in [2.05, 4.69) is 5.32 Å². The molecule has 0 aliphatic carbocycles. The Morgan fingerprint density at radius 3 is 2.17 bits per heavy atom. The van der Waals surface area contributed by atoms with Gasteiger partial charge >= 0.3 is 0 Å². The molecule has 180 valence electrons. The van der Waals surface area contributed by atoms with Gasteiger partial charge in [-0.3, -0.25) is 9.59 Å². The third kappa shape index (κ3) is 5.06. The summed E-state index contributed by atoms with van der Waals surface area (Å²) in [6.45, 7) is 1.29. The highest BCUT2D eigenvalue weighted by atomic mass is 16.5. The zero-order valence-electron chi connectivity index (χ0n) is 19.8. The van der Waals surface area contributed by atoms with E-state index >= 15 is 0 Å². The number of methoxy groups -OCH3 is 3. The van der Waals surface area contributed by atoms with Crippen LogP contribution in [0.5, 0.6) is 23.0 Å². The lowest BCUT2D eigenvalue weighted by molar-refractivity contribution is -0.114. The first-order chi connectivity index (χ1) is 16.9. The van der Waals surface area contributed by atoms with E-state index in [-0.39, 0.29) is 18.3 Å². The minimum atomic E-state index is -0.184. The van der Waals surface area contributed by atoms with Crippen LogP contribution in [0.3, 0.4) is 0 Å². The van der Waals surface area contributed by atoms with Crippen LogP contribution in [0.4, 0.5) is 5.69 Å². The van der Waals surface area contributed by atoms with Gasteiger partial charge in [0.15, 0.2) is 23.9 Å². The Bertz CT molecular complexity index is 1350. The molecule has 0 bridgehead atoms. The molecule has 4 rings (SSSR count). The first kappa shape index (κ1) is 23.7. The van der Waals surface area contributed by atoms with Crippen LogP contribution in [0.25, 0.3) is 22.1 Å². The molecule has 0 spiro atoms. The highest BCUT2D eigenvalue weighted by Crippen LogP contribution is 2.43. The third-order valence-electron chi connectivity index (χ3n) is 5.42. The third-order valence-corrected chi connectivity index (χ3v) is 5.42. The smallest absolute Gasteiger partial charge is 0.221 e. The number of hydrogen-bond acceptors (Lipinski definition) is 7. The van der Waals surface area contributed by atoms with Crippen molar-refractivity contribution in [1.29, 1.82) is 0 Å². The van der Waals surface area contributed by atoms with Crippen molar-refractivity contribution in [3.05, 3.63) is 66.4 Å². The summed E-state index contributed by atoms with van der Waals surface area (Å²) in [5.41, 5.74) is 3.40. The normalized spacial score (nSPS) is 10.6. The fourth-order valence-corrected chi connectivity index (χ4v) is 3.73. The fraction of sp³-hybridized carbons (Fsp3) is 0.185. The maximum Gasteiger partial charge on any atom is 0.221 e. The van der Waals surface area contributed by atoms with E-state index in [1.54, 1.807) is 64.0 Å². The SMILES string of the molecule is COc1cc(-c2coc3ccc(OCC(=O)c4ccc(NC(C)=O)cc4)cc23)cc(OC)c1OC. The molecule has 35 heavy (non-hydrogen) atoms. The predicted molar refractivity (Wildman–Crippen MR) is 132 cm³/mol. The number of hydrogen-bond donors (Lipinski definition) is 1. The predicted octanol–water partition coefficient (Wildman–Crippen LogP) is 5.35. The Balaban J connectivity index is 1.56. The number of rotatable bonds is 9. The minimum absolute atomic E-state index is 0.137. The minimum Gasteiger partial charge on any atom is -0.493 e. The monoisotopic (exact) mass is 475 g/mol. The molecule has 8 nitrogen and oxygen atoms in total. The van der Waals surface area contributed by atoms with Gasteiger partial charge in [-0.1, -0.05) is 0 Å². The van der Waals surface area contributed by atoms with Gasteiger partial charge in [0, 0.05) is 29.1 Å². The number of ketones is 1. The zero-order chi connectivity index (χ0) is 24.9. The number of furan rings is 1. The summed E-state index contributed by atoms with van der Waals surface area (Å²) in [5, 5.41) is 3.48. The first-order valence-corrected chi connectivity index (χ1v) is 10.8. The van der Waals surface area contributed by atoms with Gasteiger partial charge in [-0.05, 0) is 60.2 Å². The Kier molecular flexibility index (Phi) is 6.91. The summed E-state index contributed by atoms with van der Waals surface area (Å²) in [5.74, 6) is 1.72. The highest BCUT2D eigenvalue weighted by Gasteiger charge is 2.17. The van der Waals surface area contributed by atoms with E-state index in [9.17, 15) is 9.59 Å². The Labute approximate surface area is 202 Å². The molecule has 0 radical (unpaired) electrons. The second kappa shape index (κ2) is 10.2. The van der Waals surface area contributed by atoms with Crippen molar-refractivity contribution >= 4 is 28.3 Å². The molecule has 0 saturated heterocycles. The molecule has 1 heterocycles. The van der Waals surface area contributed by atoms with Crippen molar-refractivity contribution in [3.63, 3.8) is 0 Å². The summed E-state index contributed by atoms with van der Waals surface area (Å²) in [4.78, 5) is 23.7. The van der Waals surface area contributed by atoms with E-state index in [4.69, 9.17) is 23.4 Å². The molecule has 0 aliphatic heterocycles. The summed E-state index contributed by atoms with van der Waals surface area (Å²) in [7, 11) is 4.67. The Morgan fingerprint density at radius 1 is 0.886 bits per heavy atom. The average Bonchev–Trinajstić information content (AvgIpc) is 3.29. The van der Waals surface area contributed by atoms with Crippen molar-refractivity contribution in [2.75, 3.05) is 33.3 Å². The second-order valence-corrected chi connectivity index (χ2v) is 7.69. The first-order valence-electron chi connectivity index (χ1n) is 10.8. The van der Waals surface area contributed by atoms with Gasteiger partial charge in [0.05, 0.1) is 27.6 Å². The standard InChI is InChI=1S/C27H25NO7/c1-16(29)28-19-7-5-17(6-8-19)23(30)15-34-20-9-10-24-21(13-20)22(14-35-24)18-11-25(31-2)27(33-4)26(12-18)32-3/h5-14H,15H2,1-4H3,(H,28,29). The van der Waals surface area contributed by atoms with Gasteiger partial charge < -0.3 is 28.7 Å². The molecule has 1 N–H and O–H groups in total. The molecule has 0 unspecified atom stereocenters. The lowest BCUT2D eigenvalue weighted by Crippen LogP contribution is -2.12. The van der Waals surface area contributed by atoms with Crippen LogP contribution in [0.2, 0.25) is 0 Å². The summed E-state index contributed by atoms with van der Waals surface area (Å²) < 4.78 is 27.9. The number of ether oxygens (including phenoxy) is 4. The van der Waals surface area contributed by atoms with Gasteiger partial charge in [0.25, 0.3) is 0 Å². The molecule has 1 aromatic heterocycles. The quantitative estimate of drug-likeness (QED) is 0.326. The number of anilines is 1. The van der Waals surface area contributed by atoms with Gasteiger partial charge in [0.1, 0.15) is 11.3 Å². The van der Waals surface area contributed by atoms with Gasteiger partial charge in [0.2, 0.25) is 11.7 Å². The molecular formula is C27H25NO7. The van der Waals surface area contributed by atoms with Crippen LogP contribution in [0.1, 0.15) is 17.3 Å². The van der Waals surface area contributed by atoms with Crippen molar-refractivity contribution in [2.45, 2.75) is 6.92 Å². The van der Waals surface area contributed by atoms with Crippen molar-refractivity contribution in [3.8, 4) is 34.1 Å². The molecule has 1 amide bonds. The van der Waals surface area contributed by atoms with Crippen LogP contribution < -0.4 is 24.3 Å². The highest BCUT2D eigenvalue weighted by molar-refractivity contribution is 5.98. The van der Waals surface area contributed by atoms with Crippen molar-refractivity contribution in [2.24, 2.45) is 0 Å². The Morgan fingerprint density at radius 2 is 1.57 bits per heavy atom. The summed E-state index contributed by atoms with van der Waals surface area (Å²) in [6, 6.07) is 15.7. The average molecular weight is 475 g/mol. The maximum absolute atomic E-state index is 12.6. The van der Waals surface area contributed by atoms with Crippen LogP contribution in [0.15, 0.2) is 65.3 Å². The van der Waals surface area contributed by atoms with Crippen LogP contribution in [0, 0.1) is 0 Å². The molecule has 0 aliphatic rings. The van der Waals surface area contributed by atoms with E-state index in [1.807, 2.05) is 18.2 Å². The molecule has 3 aromatic carbocycles. The number of benzene rings is 3. The van der Waals surface area contributed by atoms with Crippen LogP contribution in [-0.4, -0.2) is 39.6 Å². The zero-order valence-corrected chi connectivity index (χ0v) is 19.8. The van der Waals surface area contributed by atoms with E-state index < -0.39 is 0 Å². The van der Waals surface area contributed by atoms with E-state index in [0.29, 0.717) is 39.8 Å². The van der Waals surface area contributed by atoms with Crippen LogP contribution in [-0.2, 0) is 4.79 Å². The number of fused-ring (bicyclic) bond motifs is 1.